The first-order chi connectivity index (χ1) is 8.43. The van der Waals surface area contributed by atoms with E-state index in [0.717, 1.165) is 6.07 Å². The SMILES string of the molecule is Cc1ccc([N+](=O)[O-])cc1S(=O)(=O)c1ncc[nH]1. The minimum absolute atomic E-state index is 0.119. The summed E-state index contributed by atoms with van der Waals surface area (Å²) in [5, 5.41) is 10.4. The topological polar surface area (TPSA) is 106 Å². The van der Waals surface area contributed by atoms with Crippen molar-refractivity contribution in [3.63, 3.8) is 0 Å². The third-order valence-corrected chi connectivity index (χ3v) is 4.15. The minimum Gasteiger partial charge on any atom is -0.335 e. The zero-order valence-electron chi connectivity index (χ0n) is 9.32. The first-order valence-corrected chi connectivity index (χ1v) is 6.41. The Bertz CT molecular complexity index is 692. The van der Waals surface area contributed by atoms with Gasteiger partial charge in [-0.1, -0.05) is 6.07 Å². The Morgan fingerprint density at radius 1 is 1.39 bits per heavy atom. The predicted octanol–water partition coefficient (Wildman–Crippen LogP) is 1.46. The number of sulfone groups is 1. The molecule has 0 amide bonds. The van der Waals surface area contributed by atoms with Crippen LogP contribution in [0.1, 0.15) is 5.56 Å². The highest BCUT2D eigenvalue weighted by Crippen LogP contribution is 2.25. The molecule has 0 aliphatic carbocycles. The number of nitro groups is 1. The number of H-pyrrole nitrogens is 1. The molecule has 2 aromatic rings. The van der Waals surface area contributed by atoms with Crippen molar-refractivity contribution in [2.24, 2.45) is 0 Å². The van der Waals surface area contributed by atoms with Crippen LogP contribution in [0.3, 0.4) is 0 Å². The molecule has 1 aromatic heterocycles. The van der Waals surface area contributed by atoms with E-state index in [0.29, 0.717) is 5.56 Å². The number of nitrogens with one attached hydrogen (secondary N) is 1. The van der Waals surface area contributed by atoms with Crippen molar-refractivity contribution in [2.75, 3.05) is 0 Å². The summed E-state index contributed by atoms with van der Waals surface area (Å²) in [6.07, 6.45) is 2.68. The summed E-state index contributed by atoms with van der Waals surface area (Å²) in [6, 6.07) is 3.69. The van der Waals surface area contributed by atoms with E-state index in [1.807, 2.05) is 0 Å². The maximum Gasteiger partial charge on any atom is 0.270 e. The van der Waals surface area contributed by atoms with E-state index in [1.54, 1.807) is 6.92 Å². The highest BCUT2D eigenvalue weighted by atomic mass is 32.2. The van der Waals surface area contributed by atoms with Crippen LogP contribution in [0.15, 0.2) is 40.6 Å². The highest BCUT2D eigenvalue weighted by Gasteiger charge is 2.24. The van der Waals surface area contributed by atoms with Gasteiger partial charge in [-0.3, -0.25) is 10.1 Å². The molecule has 0 aliphatic heterocycles. The van der Waals surface area contributed by atoms with Gasteiger partial charge in [-0.2, -0.15) is 0 Å². The fraction of sp³-hybridized carbons (Fsp3) is 0.100. The van der Waals surface area contributed by atoms with Crippen molar-refractivity contribution >= 4 is 15.5 Å². The molecule has 8 heteroatoms. The number of hydrogen-bond donors (Lipinski definition) is 1. The van der Waals surface area contributed by atoms with Gasteiger partial charge >= 0.3 is 0 Å². The second-order valence-electron chi connectivity index (χ2n) is 3.60. The molecular weight excluding hydrogens is 258 g/mol. The zero-order valence-corrected chi connectivity index (χ0v) is 10.1. The van der Waals surface area contributed by atoms with Crippen LogP contribution in [-0.2, 0) is 9.84 Å². The van der Waals surface area contributed by atoms with E-state index in [4.69, 9.17) is 0 Å². The van der Waals surface area contributed by atoms with E-state index in [9.17, 15) is 18.5 Å². The Hall–Kier alpha value is -2.22. The second kappa shape index (κ2) is 4.22. The van der Waals surface area contributed by atoms with Crippen LogP contribution in [-0.4, -0.2) is 23.3 Å². The van der Waals surface area contributed by atoms with Gasteiger partial charge in [0.2, 0.25) is 15.0 Å². The molecule has 0 radical (unpaired) electrons. The fourth-order valence-corrected chi connectivity index (χ4v) is 2.89. The monoisotopic (exact) mass is 267 g/mol. The molecule has 0 fully saturated rings. The molecule has 94 valence electrons. The third kappa shape index (κ3) is 1.97. The number of imidazole rings is 1. The molecule has 2 rings (SSSR count). The number of aromatic amines is 1. The largest absolute Gasteiger partial charge is 0.335 e. The molecule has 0 spiro atoms. The van der Waals surface area contributed by atoms with Crippen LogP contribution < -0.4 is 0 Å². The van der Waals surface area contributed by atoms with Crippen molar-refractivity contribution in [3.05, 3.63) is 46.3 Å². The van der Waals surface area contributed by atoms with Gasteiger partial charge in [0.15, 0.2) is 0 Å². The molecule has 0 aliphatic rings. The van der Waals surface area contributed by atoms with E-state index < -0.39 is 14.8 Å². The summed E-state index contributed by atoms with van der Waals surface area (Å²) in [6.45, 7) is 1.57. The molecular formula is C10H9N3O4S. The first kappa shape index (κ1) is 12.2. The fourth-order valence-electron chi connectivity index (χ4n) is 1.49. The smallest absolute Gasteiger partial charge is 0.270 e. The minimum atomic E-state index is -3.85. The van der Waals surface area contributed by atoms with Crippen LogP contribution >= 0.6 is 0 Å². The number of nitro benzene ring substituents is 1. The van der Waals surface area contributed by atoms with Gasteiger partial charge in [0.1, 0.15) is 0 Å². The Morgan fingerprint density at radius 2 is 2.11 bits per heavy atom. The van der Waals surface area contributed by atoms with Gasteiger partial charge < -0.3 is 4.98 Å². The Kier molecular flexibility index (Phi) is 2.87. The third-order valence-electron chi connectivity index (χ3n) is 2.40. The summed E-state index contributed by atoms with van der Waals surface area (Å²) in [5.41, 5.74) is 0.155. The van der Waals surface area contributed by atoms with Crippen LogP contribution in [0.5, 0.6) is 0 Å². The van der Waals surface area contributed by atoms with Gasteiger partial charge in [0.25, 0.3) is 5.69 Å². The number of hydrogen-bond acceptors (Lipinski definition) is 5. The zero-order chi connectivity index (χ0) is 13.3. The van der Waals surface area contributed by atoms with Crippen molar-refractivity contribution in [1.29, 1.82) is 0 Å². The number of aromatic nitrogens is 2. The van der Waals surface area contributed by atoms with Crippen LogP contribution in [0.25, 0.3) is 0 Å². The average molecular weight is 267 g/mol. The lowest BCUT2D eigenvalue weighted by Crippen LogP contribution is -2.06. The maximum absolute atomic E-state index is 12.2. The summed E-state index contributed by atoms with van der Waals surface area (Å²) in [5.74, 6) is 0. The van der Waals surface area contributed by atoms with E-state index in [-0.39, 0.29) is 15.7 Å². The molecule has 0 saturated carbocycles. The van der Waals surface area contributed by atoms with Crippen LogP contribution in [0.4, 0.5) is 5.69 Å². The molecule has 0 saturated heterocycles. The van der Waals surface area contributed by atoms with E-state index in [1.165, 1.54) is 24.5 Å². The van der Waals surface area contributed by atoms with Crippen molar-refractivity contribution in [3.8, 4) is 0 Å². The molecule has 0 atom stereocenters. The number of aryl methyl sites for hydroxylation is 1. The van der Waals surface area contributed by atoms with Crippen molar-refractivity contribution in [1.82, 2.24) is 9.97 Å². The van der Waals surface area contributed by atoms with Gasteiger partial charge in [-0.25, -0.2) is 13.4 Å². The average Bonchev–Trinajstić information content (AvgIpc) is 2.82. The summed E-state index contributed by atoms with van der Waals surface area (Å²) in [4.78, 5) is 16.1. The Morgan fingerprint density at radius 3 is 2.67 bits per heavy atom. The van der Waals surface area contributed by atoms with Crippen molar-refractivity contribution in [2.45, 2.75) is 17.0 Å². The maximum atomic E-state index is 12.2. The highest BCUT2D eigenvalue weighted by molar-refractivity contribution is 7.91. The van der Waals surface area contributed by atoms with Crippen molar-refractivity contribution < 1.29 is 13.3 Å². The predicted molar refractivity (Wildman–Crippen MR) is 61.9 cm³/mol. The van der Waals surface area contributed by atoms with E-state index in [2.05, 4.69) is 9.97 Å². The quantitative estimate of drug-likeness (QED) is 0.669. The lowest BCUT2D eigenvalue weighted by atomic mass is 10.2. The summed E-state index contributed by atoms with van der Waals surface area (Å²) in [7, 11) is -3.85. The van der Waals surface area contributed by atoms with Gasteiger partial charge in [0.05, 0.1) is 9.82 Å². The Labute approximate surface area is 103 Å². The molecule has 1 aromatic carbocycles. The molecule has 1 heterocycles. The lowest BCUT2D eigenvalue weighted by molar-refractivity contribution is -0.385. The van der Waals surface area contributed by atoms with Gasteiger partial charge in [-0.05, 0) is 12.5 Å². The number of benzene rings is 1. The first-order valence-electron chi connectivity index (χ1n) is 4.92. The number of rotatable bonds is 3. The number of non-ortho nitro benzene ring substituents is 1. The molecule has 0 bridgehead atoms. The molecule has 18 heavy (non-hydrogen) atoms. The van der Waals surface area contributed by atoms with Crippen LogP contribution in [0, 0.1) is 17.0 Å². The standard InChI is InChI=1S/C10H9N3O4S/c1-7-2-3-8(13(14)15)6-9(7)18(16,17)10-11-4-5-12-10/h2-6H,1H3,(H,11,12). The van der Waals surface area contributed by atoms with E-state index >= 15 is 0 Å². The number of nitrogens with zero attached hydrogens (tertiary/aromatic N) is 2. The van der Waals surface area contributed by atoms with Crippen LogP contribution in [0.2, 0.25) is 0 Å². The molecule has 7 nitrogen and oxygen atoms in total. The lowest BCUT2D eigenvalue weighted by Gasteiger charge is -2.04. The molecule has 0 unspecified atom stereocenters. The van der Waals surface area contributed by atoms with Gasteiger partial charge in [0, 0.05) is 24.5 Å². The summed E-state index contributed by atoms with van der Waals surface area (Å²) < 4.78 is 24.3. The Balaban J connectivity index is 2.64. The van der Waals surface area contributed by atoms with Gasteiger partial charge in [-0.15, -0.1) is 0 Å². The summed E-state index contributed by atoms with van der Waals surface area (Å²) >= 11 is 0. The normalized spacial score (nSPS) is 11.4. The molecule has 1 N–H and O–H groups in total. The second-order valence-corrected chi connectivity index (χ2v) is 5.44.